The van der Waals surface area contributed by atoms with Crippen LogP contribution in [-0.2, 0) is 0 Å². The van der Waals surface area contributed by atoms with Crippen molar-refractivity contribution in [3.05, 3.63) is 101 Å². The second-order valence-electron chi connectivity index (χ2n) is 5.92. The maximum Gasteiger partial charge on any atom is 0.273 e. The second-order valence-corrected chi connectivity index (χ2v) is 5.92. The summed E-state index contributed by atoms with van der Waals surface area (Å²) in [6, 6.07) is 23.6. The molecule has 3 aromatic rings. The lowest BCUT2D eigenvalue weighted by Gasteiger charge is -2.11. The van der Waals surface area contributed by atoms with Gasteiger partial charge in [-0.3, -0.25) is 9.59 Å². The van der Waals surface area contributed by atoms with E-state index in [-0.39, 0.29) is 5.91 Å². The summed E-state index contributed by atoms with van der Waals surface area (Å²) in [4.78, 5) is 25.0. The molecule has 5 nitrogen and oxygen atoms in total. The number of carbonyl (C=O) groups is 2. The van der Waals surface area contributed by atoms with Crippen LogP contribution in [-0.4, -0.2) is 18.0 Å². The lowest BCUT2D eigenvalue weighted by atomic mass is 10.1. The lowest BCUT2D eigenvalue weighted by Crippen LogP contribution is -2.21. The SMILES string of the molecule is Cc1ccccc1C(=O)Nc1ccccc1C(=O)N/N=C/c1ccccc1. The number of nitrogens with one attached hydrogen (secondary N) is 2. The van der Waals surface area contributed by atoms with Gasteiger partial charge < -0.3 is 5.32 Å². The maximum absolute atomic E-state index is 12.5. The first kappa shape index (κ1) is 18.1. The van der Waals surface area contributed by atoms with Gasteiger partial charge in [-0.05, 0) is 36.2 Å². The number of hydrazone groups is 1. The van der Waals surface area contributed by atoms with E-state index >= 15 is 0 Å². The standard InChI is InChI=1S/C22H19N3O2/c1-16-9-5-6-12-18(16)21(26)24-20-14-8-7-13-19(20)22(27)25-23-15-17-10-3-2-4-11-17/h2-15H,1H3,(H,24,26)(H,25,27)/b23-15+. The zero-order valence-corrected chi connectivity index (χ0v) is 14.8. The third kappa shape index (κ3) is 4.67. The number of nitrogens with zero attached hydrogens (tertiary/aromatic N) is 1. The van der Waals surface area contributed by atoms with E-state index < -0.39 is 5.91 Å². The Morgan fingerprint density at radius 2 is 1.41 bits per heavy atom. The Bertz CT molecular complexity index is 982. The van der Waals surface area contributed by atoms with E-state index in [1.165, 1.54) is 0 Å². The van der Waals surface area contributed by atoms with Crippen LogP contribution in [0, 0.1) is 6.92 Å². The van der Waals surface area contributed by atoms with Gasteiger partial charge in [0.2, 0.25) is 0 Å². The highest BCUT2D eigenvalue weighted by Gasteiger charge is 2.14. The third-order valence-corrected chi connectivity index (χ3v) is 3.99. The average Bonchev–Trinajstić information content (AvgIpc) is 2.69. The molecule has 0 heterocycles. The van der Waals surface area contributed by atoms with Crippen LogP contribution in [0.25, 0.3) is 0 Å². The molecule has 3 rings (SSSR count). The van der Waals surface area contributed by atoms with Crippen molar-refractivity contribution in [3.8, 4) is 0 Å². The minimum absolute atomic E-state index is 0.263. The number of aryl methyl sites for hydroxylation is 1. The van der Waals surface area contributed by atoms with Crippen molar-refractivity contribution in [3.63, 3.8) is 0 Å². The van der Waals surface area contributed by atoms with E-state index in [0.29, 0.717) is 16.8 Å². The summed E-state index contributed by atoms with van der Waals surface area (Å²) >= 11 is 0. The summed E-state index contributed by atoms with van der Waals surface area (Å²) < 4.78 is 0. The zero-order chi connectivity index (χ0) is 19.1. The van der Waals surface area contributed by atoms with E-state index in [1.807, 2.05) is 49.4 Å². The second kappa shape index (κ2) is 8.58. The molecule has 27 heavy (non-hydrogen) atoms. The average molecular weight is 357 g/mol. The van der Waals surface area contributed by atoms with Crippen molar-refractivity contribution in [2.75, 3.05) is 5.32 Å². The van der Waals surface area contributed by atoms with Gasteiger partial charge in [0, 0.05) is 5.56 Å². The molecule has 0 aliphatic heterocycles. The molecule has 0 aliphatic rings. The van der Waals surface area contributed by atoms with Gasteiger partial charge in [-0.2, -0.15) is 5.10 Å². The molecule has 0 aliphatic carbocycles. The van der Waals surface area contributed by atoms with Gasteiger partial charge in [-0.1, -0.05) is 60.7 Å². The first-order valence-electron chi connectivity index (χ1n) is 8.49. The number of anilines is 1. The van der Waals surface area contributed by atoms with Crippen LogP contribution in [0.5, 0.6) is 0 Å². The lowest BCUT2D eigenvalue weighted by molar-refractivity contribution is 0.0956. The van der Waals surface area contributed by atoms with Crippen LogP contribution in [0.1, 0.15) is 31.8 Å². The Balaban J connectivity index is 1.73. The van der Waals surface area contributed by atoms with Gasteiger partial charge in [0.25, 0.3) is 11.8 Å². The van der Waals surface area contributed by atoms with Crippen molar-refractivity contribution in [2.24, 2.45) is 5.10 Å². The van der Waals surface area contributed by atoms with E-state index in [9.17, 15) is 9.59 Å². The van der Waals surface area contributed by atoms with Gasteiger partial charge in [0.1, 0.15) is 0 Å². The molecule has 0 aromatic heterocycles. The molecule has 0 spiro atoms. The number of carbonyl (C=O) groups excluding carboxylic acids is 2. The number of rotatable bonds is 5. The van der Waals surface area contributed by atoms with Crippen molar-refractivity contribution in [1.29, 1.82) is 0 Å². The fourth-order valence-corrected chi connectivity index (χ4v) is 2.57. The number of hydrogen-bond donors (Lipinski definition) is 2. The normalized spacial score (nSPS) is 10.6. The Kier molecular flexibility index (Phi) is 5.74. The molecule has 2 amide bonds. The summed E-state index contributed by atoms with van der Waals surface area (Å²) in [7, 11) is 0. The Labute approximate surface area is 157 Å². The van der Waals surface area contributed by atoms with Crippen LogP contribution in [0.15, 0.2) is 84.0 Å². The molecule has 5 heteroatoms. The van der Waals surface area contributed by atoms with Crippen LogP contribution < -0.4 is 10.7 Å². The molecule has 0 radical (unpaired) electrons. The molecule has 0 atom stereocenters. The maximum atomic E-state index is 12.5. The minimum atomic E-state index is -0.400. The smallest absolute Gasteiger partial charge is 0.273 e. The molecule has 0 saturated carbocycles. The quantitative estimate of drug-likeness (QED) is 0.535. The van der Waals surface area contributed by atoms with Gasteiger partial charge >= 0.3 is 0 Å². The molecular weight excluding hydrogens is 338 g/mol. The number of para-hydroxylation sites is 1. The van der Waals surface area contributed by atoms with E-state index in [4.69, 9.17) is 0 Å². The number of hydrogen-bond acceptors (Lipinski definition) is 3. The first-order valence-corrected chi connectivity index (χ1v) is 8.49. The van der Waals surface area contributed by atoms with Crippen molar-refractivity contribution in [1.82, 2.24) is 5.43 Å². The first-order chi connectivity index (χ1) is 13.1. The highest BCUT2D eigenvalue weighted by Crippen LogP contribution is 2.17. The highest BCUT2D eigenvalue weighted by molar-refractivity contribution is 6.09. The fraction of sp³-hybridized carbons (Fsp3) is 0.0455. The zero-order valence-electron chi connectivity index (χ0n) is 14.8. The summed E-state index contributed by atoms with van der Waals surface area (Å²) in [6.07, 6.45) is 1.56. The molecule has 0 unspecified atom stereocenters. The Morgan fingerprint density at radius 1 is 0.778 bits per heavy atom. The summed E-state index contributed by atoms with van der Waals surface area (Å²) in [6.45, 7) is 1.87. The molecule has 2 N–H and O–H groups in total. The minimum Gasteiger partial charge on any atom is -0.321 e. The van der Waals surface area contributed by atoms with Crippen LogP contribution in [0.3, 0.4) is 0 Å². The molecule has 0 fully saturated rings. The molecule has 134 valence electrons. The van der Waals surface area contributed by atoms with E-state index in [2.05, 4.69) is 15.8 Å². The Hall–Kier alpha value is -3.73. The van der Waals surface area contributed by atoms with Crippen LogP contribution in [0.2, 0.25) is 0 Å². The monoisotopic (exact) mass is 357 g/mol. The van der Waals surface area contributed by atoms with E-state index in [1.54, 1.807) is 42.6 Å². The molecule has 0 saturated heterocycles. The van der Waals surface area contributed by atoms with Gasteiger partial charge in [0.15, 0.2) is 0 Å². The highest BCUT2D eigenvalue weighted by atomic mass is 16.2. The van der Waals surface area contributed by atoms with Crippen LogP contribution in [0.4, 0.5) is 5.69 Å². The van der Waals surface area contributed by atoms with Gasteiger partial charge in [-0.25, -0.2) is 5.43 Å². The summed E-state index contributed by atoms with van der Waals surface area (Å²) in [5, 5.41) is 6.78. The van der Waals surface area contributed by atoms with Crippen LogP contribution >= 0.6 is 0 Å². The summed E-state index contributed by atoms with van der Waals surface area (Å²) in [5.41, 5.74) is 5.56. The van der Waals surface area contributed by atoms with Gasteiger partial charge in [0.05, 0.1) is 17.5 Å². The third-order valence-electron chi connectivity index (χ3n) is 3.99. The molecule has 3 aromatic carbocycles. The molecular formula is C22H19N3O2. The largest absolute Gasteiger partial charge is 0.321 e. The van der Waals surface area contributed by atoms with Crippen molar-refractivity contribution < 1.29 is 9.59 Å². The van der Waals surface area contributed by atoms with Gasteiger partial charge in [-0.15, -0.1) is 0 Å². The topological polar surface area (TPSA) is 70.6 Å². The fourth-order valence-electron chi connectivity index (χ4n) is 2.57. The summed E-state index contributed by atoms with van der Waals surface area (Å²) in [5.74, 6) is -0.663. The van der Waals surface area contributed by atoms with Crippen molar-refractivity contribution in [2.45, 2.75) is 6.92 Å². The predicted molar refractivity (Wildman–Crippen MR) is 107 cm³/mol. The molecule has 0 bridgehead atoms. The van der Waals surface area contributed by atoms with Crippen molar-refractivity contribution >= 4 is 23.7 Å². The predicted octanol–water partition coefficient (Wildman–Crippen LogP) is 4.01. The number of benzene rings is 3. The Morgan fingerprint density at radius 3 is 2.15 bits per heavy atom. The number of amides is 2. The van der Waals surface area contributed by atoms with E-state index in [0.717, 1.165) is 11.1 Å².